The zero-order valence-corrected chi connectivity index (χ0v) is 55.1. The molecule has 6 aliphatic rings. The summed E-state index contributed by atoms with van der Waals surface area (Å²) >= 11 is 0. The van der Waals surface area contributed by atoms with E-state index < -0.39 is 88.5 Å². The second kappa shape index (κ2) is 29.2. The van der Waals surface area contributed by atoms with Crippen LogP contribution in [0, 0.1) is 11.8 Å². The first-order valence-corrected chi connectivity index (χ1v) is 33.2. The summed E-state index contributed by atoms with van der Waals surface area (Å²) in [5.41, 5.74) is 4.61. The Morgan fingerprint density at radius 3 is 2.21 bits per heavy atom. The van der Waals surface area contributed by atoms with Crippen LogP contribution in [0.2, 0.25) is 0 Å². The highest BCUT2D eigenvalue weighted by Crippen LogP contribution is 2.54. The topological polar surface area (TPSA) is 351 Å². The number of aliphatic hydroxyl groups is 1. The van der Waals surface area contributed by atoms with E-state index in [1.54, 1.807) is 61.4 Å². The SMILES string of the molecule is C=C1C[C@H]2C=Nc3cc(OCCCOc4cc5c(cc4OC)C(=O)N4CC(=C)C[C@H]4[C@H](O)N5C(=O)OCc4ccc(NC(=O)[C@H](C)NC(=O)[C@@H](NC(=O)COCCNS(=O)(=O)NC(=O)OC56CCCc7nnn(C(C)C)c7CC[C@H]5C6)C(C)C)cc4)c(OC)cc3C(=O)N2C1. The molecule has 2 saturated heterocycles. The zero-order chi connectivity index (χ0) is 68.0. The van der Waals surface area contributed by atoms with E-state index in [0.29, 0.717) is 84.6 Å². The van der Waals surface area contributed by atoms with Gasteiger partial charge in [0.15, 0.2) is 29.2 Å². The molecule has 7 atom stereocenters. The van der Waals surface area contributed by atoms with Crippen LogP contribution >= 0.6 is 0 Å². The van der Waals surface area contributed by atoms with Crippen molar-refractivity contribution in [3.05, 3.63) is 101 Å². The van der Waals surface area contributed by atoms with Crippen LogP contribution in [-0.2, 0) is 58.3 Å². The predicted octanol–water partition coefficient (Wildman–Crippen LogP) is 5.35. The van der Waals surface area contributed by atoms with Gasteiger partial charge in [-0.15, -0.1) is 5.10 Å². The van der Waals surface area contributed by atoms with Crippen LogP contribution in [0.15, 0.2) is 77.8 Å². The first-order valence-electron chi connectivity index (χ1n) is 31.7. The molecular weight excluding hydrogens is 1250 g/mol. The van der Waals surface area contributed by atoms with E-state index in [0.717, 1.165) is 34.7 Å². The molecule has 3 fully saturated rings. The Labute approximate surface area is 550 Å². The Hall–Kier alpha value is -9.13. The number of hydrogen-bond acceptors (Lipinski definition) is 20. The van der Waals surface area contributed by atoms with Crippen LogP contribution in [0.25, 0.3) is 0 Å². The first-order chi connectivity index (χ1) is 45.4. The number of ether oxygens (including phenoxy) is 7. The molecule has 10 rings (SSSR count). The van der Waals surface area contributed by atoms with Crippen LogP contribution < -0.4 is 49.2 Å². The number of rotatable bonds is 25. The summed E-state index contributed by atoms with van der Waals surface area (Å²) in [4.78, 5) is 103. The van der Waals surface area contributed by atoms with Crippen LogP contribution in [0.3, 0.4) is 0 Å². The van der Waals surface area contributed by atoms with Crippen molar-refractivity contribution in [1.29, 1.82) is 0 Å². The smallest absolute Gasteiger partial charge is 0.422 e. The van der Waals surface area contributed by atoms with Gasteiger partial charge in [0.2, 0.25) is 17.7 Å². The molecule has 510 valence electrons. The minimum atomic E-state index is -4.35. The molecule has 1 saturated carbocycles. The van der Waals surface area contributed by atoms with E-state index in [1.165, 1.54) is 38.2 Å². The Kier molecular flexibility index (Phi) is 21.2. The number of carbonyl (C=O) groups is 7. The molecule has 3 aromatic carbocycles. The van der Waals surface area contributed by atoms with Crippen molar-refractivity contribution in [2.24, 2.45) is 16.8 Å². The quantitative estimate of drug-likeness (QED) is 0.0360. The van der Waals surface area contributed by atoms with Gasteiger partial charge >= 0.3 is 22.4 Å². The Morgan fingerprint density at radius 2 is 1.51 bits per heavy atom. The van der Waals surface area contributed by atoms with Crippen LogP contribution in [0.4, 0.5) is 26.7 Å². The number of nitrogens with one attached hydrogen (secondary N) is 5. The molecule has 1 aromatic heterocycles. The molecule has 7 amide bonds. The Bertz CT molecular complexity index is 3780. The van der Waals surface area contributed by atoms with Crippen molar-refractivity contribution in [1.82, 2.24) is 44.9 Å². The lowest BCUT2D eigenvalue weighted by Gasteiger charge is -2.31. The van der Waals surface area contributed by atoms with Gasteiger partial charge < -0.3 is 64.0 Å². The average Bonchev–Trinajstić information content (AvgIpc) is 1.63. The maximum absolute atomic E-state index is 14.3. The van der Waals surface area contributed by atoms with Gasteiger partial charge in [0, 0.05) is 62.0 Å². The second-order valence-electron chi connectivity index (χ2n) is 25.1. The number of aromatic nitrogens is 3. The first kappa shape index (κ1) is 68.7. The van der Waals surface area contributed by atoms with Gasteiger partial charge in [-0.1, -0.05) is 55.5 Å². The molecule has 0 spiro atoms. The van der Waals surface area contributed by atoms with Crippen LogP contribution in [0.5, 0.6) is 23.0 Å². The van der Waals surface area contributed by atoms with Gasteiger partial charge in [-0.2, -0.15) is 13.1 Å². The maximum atomic E-state index is 14.3. The molecule has 0 radical (unpaired) electrons. The normalized spacial score (nSPS) is 21.0. The molecule has 30 heteroatoms. The van der Waals surface area contributed by atoms with Gasteiger partial charge in [0.05, 0.1) is 80.0 Å². The lowest BCUT2D eigenvalue weighted by atomic mass is 10.0. The summed E-state index contributed by atoms with van der Waals surface area (Å²) in [5, 5.41) is 28.6. The summed E-state index contributed by atoms with van der Waals surface area (Å²) in [7, 11) is -1.46. The maximum Gasteiger partial charge on any atom is 0.422 e. The second-order valence-corrected chi connectivity index (χ2v) is 26.6. The number of aryl methyl sites for hydroxylation is 1. The third-order valence-electron chi connectivity index (χ3n) is 17.6. The molecule has 4 aliphatic heterocycles. The van der Waals surface area contributed by atoms with Crippen molar-refractivity contribution >= 4 is 75.2 Å². The number of aliphatic imine (C=N–C) groups is 1. The number of amides is 7. The molecule has 4 aromatic rings. The number of carbonyl (C=O) groups excluding carboxylic acids is 7. The third kappa shape index (κ3) is 15.8. The number of hydrogen-bond donors (Lipinski definition) is 6. The predicted molar refractivity (Wildman–Crippen MR) is 345 cm³/mol. The van der Waals surface area contributed by atoms with Gasteiger partial charge in [-0.3, -0.25) is 29.0 Å². The fourth-order valence-electron chi connectivity index (χ4n) is 12.5. The van der Waals surface area contributed by atoms with Gasteiger partial charge in [0.25, 0.3) is 11.8 Å². The summed E-state index contributed by atoms with van der Waals surface area (Å²) in [6.07, 6.45) is 3.31. The standard InChI is InChI=1S/C65H82N12O17S/c1-36(2)57(70-56(78)35-90-23-20-67-95(86,87)72-63(84)94-65-19-10-12-47-49(18-15-42(65)30-65)77(37(3)4)73-71-47)59(80)68-40(7)58(79)69-43-16-13-41(14-17-43)34-93-64(85)76-50-29-55(53(89-9)27-46(50)61(82)75-33-39(6)25-51(75)62(76)83)92-22-11-21-91-54-28-48-45(26-52(54)88-8)60(81)74-32-38(5)24-44(74)31-66-48/h13-14,16-17,26-29,31,36-37,40,42,44,51,57,62,67,83H,5-6,10-12,15,18-25,30,32-35H2,1-4,7-9H3,(H,68,80)(H,69,79)(H,70,78)(H,72,84)/t40-,42-,44-,51-,57-,62-,65?/m0/s1. The number of nitrogens with zero attached hydrogens (tertiary/aromatic N) is 7. The molecule has 95 heavy (non-hydrogen) atoms. The number of aliphatic hydroxyl groups excluding tert-OH is 1. The van der Waals surface area contributed by atoms with E-state index in [-0.39, 0.29) is 92.6 Å². The molecule has 6 N–H and O–H groups in total. The van der Waals surface area contributed by atoms with Crippen LogP contribution in [0.1, 0.15) is 123 Å². The molecule has 2 aliphatic carbocycles. The zero-order valence-electron chi connectivity index (χ0n) is 54.3. The van der Waals surface area contributed by atoms with Crippen molar-refractivity contribution in [2.75, 3.05) is 70.5 Å². The number of fused-ring (bicyclic) bond motifs is 6. The Morgan fingerprint density at radius 1 is 0.821 bits per heavy atom. The molecule has 0 bridgehead atoms. The summed E-state index contributed by atoms with van der Waals surface area (Å²) in [5.74, 6) is -1.87. The number of anilines is 2. The fraction of sp³-hybridized carbons (Fsp3) is 0.508. The monoisotopic (exact) mass is 1330 g/mol. The van der Waals surface area contributed by atoms with E-state index in [9.17, 15) is 47.1 Å². The number of methoxy groups -OCH3 is 2. The minimum absolute atomic E-state index is 0.0120. The van der Waals surface area contributed by atoms with E-state index in [1.807, 2.05) is 23.3 Å². The highest BCUT2D eigenvalue weighted by Gasteiger charge is 2.57. The van der Waals surface area contributed by atoms with Gasteiger partial charge in [-0.05, 0) is 108 Å². The van der Waals surface area contributed by atoms with Crippen molar-refractivity contribution in [3.8, 4) is 23.0 Å². The van der Waals surface area contributed by atoms with Crippen molar-refractivity contribution in [3.63, 3.8) is 0 Å². The fourth-order valence-corrected chi connectivity index (χ4v) is 13.2. The van der Waals surface area contributed by atoms with Gasteiger partial charge in [-0.25, -0.2) is 23.9 Å². The number of benzene rings is 3. The molecule has 5 heterocycles. The summed E-state index contributed by atoms with van der Waals surface area (Å²) < 4.78 is 72.0. The van der Waals surface area contributed by atoms with Crippen LogP contribution in [-0.4, -0.2) is 183 Å². The third-order valence-corrected chi connectivity index (χ3v) is 18.6. The van der Waals surface area contributed by atoms with E-state index in [4.69, 9.17) is 33.2 Å². The largest absolute Gasteiger partial charge is 0.493 e. The Balaban J connectivity index is 0.669. The lowest BCUT2D eigenvalue weighted by molar-refractivity contribution is -0.133. The summed E-state index contributed by atoms with van der Waals surface area (Å²) in [6, 6.07) is 9.42. The van der Waals surface area contributed by atoms with E-state index >= 15 is 0 Å². The highest BCUT2D eigenvalue weighted by atomic mass is 32.2. The molecule has 1 unspecified atom stereocenters. The minimum Gasteiger partial charge on any atom is -0.493 e. The lowest BCUT2D eigenvalue weighted by Crippen LogP contribution is -2.54. The highest BCUT2D eigenvalue weighted by molar-refractivity contribution is 7.88. The van der Waals surface area contributed by atoms with E-state index in [2.05, 4.69) is 49.1 Å². The molecule has 29 nitrogen and oxygen atoms in total. The summed E-state index contributed by atoms with van der Waals surface area (Å²) in [6.45, 7) is 16.4. The van der Waals surface area contributed by atoms with Crippen molar-refractivity contribution < 1.29 is 80.2 Å². The van der Waals surface area contributed by atoms with Crippen molar-refractivity contribution in [2.45, 2.75) is 141 Å². The van der Waals surface area contributed by atoms with Gasteiger partial charge in [0.1, 0.15) is 30.9 Å². The molecular formula is C65H82N12O17S. The average molecular weight is 1340 g/mol.